The minimum atomic E-state index is -0.752. The summed E-state index contributed by atoms with van der Waals surface area (Å²) in [6.45, 7) is 4.72. The van der Waals surface area contributed by atoms with Crippen LogP contribution in [0.2, 0.25) is 10.0 Å². The van der Waals surface area contributed by atoms with E-state index in [0.29, 0.717) is 15.6 Å². The number of hydrogen-bond acceptors (Lipinski definition) is 4. The molecule has 130 valence electrons. The van der Waals surface area contributed by atoms with E-state index in [1.807, 2.05) is 0 Å². The highest BCUT2D eigenvalue weighted by molar-refractivity contribution is 6.42. The molecule has 24 heavy (non-hydrogen) atoms. The van der Waals surface area contributed by atoms with Gasteiger partial charge in [0.25, 0.3) is 5.91 Å². The van der Waals surface area contributed by atoms with Gasteiger partial charge in [-0.25, -0.2) is 9.59 Å². The third-order valence-corrected chi connectivity index (χ3v) is 3.30. The molecule has 0 unspecified atom stereocenters. The molecular weight excluding hydrogens is 355 g/mol. The van der Waals surface area contributed by atoms with Crippen molar-refractivity contribution in [2.75, 3.05) is 6.61 Å². The monoisotopic (exact) mass is 372 g/mol. The van der Waals surface area contributed by atoms with Gasteiger partial charge in [-0.1, -0.05) is 35.3 Å². The van der Waals surface area contributed by atoms with E-state index in [0.717, 1.165) is 6.08 Å². The Kier molecular flexibility index (Phi) is 7.25. The van der Waals surface area contributed by atoms with E-state index in [-0.39, 0.29) is 0 Å². The summed E-state index contributed by atoms with van der Waals surface area (Å²) in [7, 11) is 0. The molecule has 0 saturated heterocycles. The molecule has 0 atom stereocenters. The van der Waals surface area contributed by atoms with Crippen molar-refractivity contribution in [2.24, 2.45) is 0 Å². The zero-order valence-corrected chi connectivity index (χ0v) is 15.0. The summed E-state index contributed by atoms with van der Waals surface area (Å²) >= 11 is 11.8. The average Bonchev–Trinajstić information content (AvgIpc) is 2.44. The van der Waals surface area contributed by atoms with Crippen molar-refractivity contribution in [3.63, 3.8) is 0 Å². The molecule has 8 heteroatoms. The van der Waals surface area contributed by atoms with E-state index in [1.165, 1.54) is 6.08 Å². The lowest BCUT2D eigenvalue weighted by Gasteiger charge is -2.20. The number of esters is 1. The number of carbonyl (C=O) groups is 3. The van der Waals surface area contributed by atoms with Crippen molar-refractivity contribution in [2.45, 2.75) is 26.3 Å². The highest BCUT2D eigenvalue weighted by Crippen LogP contribution is 2.26. The number of hydrogen-bond donors (Lipinski definition) is 2. The molecule has 1 aromatic carbocycles. The van der Waals surface area contributed by atoms with Crippen LogP contribution >= 0.6 is 23.2 Å². The number of benzene rings is 1. The average molecular weight is 373 g/mol. The Balaban J connectivity index is 2.46. The van der Waals surface area contributed by atoms with Gasteiger partial charge >= 0.3 is 12.0 Å². The van der Waals surface area contributed by atoms with Crippen molar-refractivity contribution < 1.29 is 19.1 Å². The second-order valence-corrected chi connectivity index (χ2v) is 6.62. The maximum absolute atomic E-state index is 11.6. The molecule has 0 spiro atoms. The predicted octanol–water partition coefficient (Wildman–Crippen LogP) is 3.17. The van der Waals surface area contributed by atoms with Crippen molar-refractivity contribution >= 4 is 47.2 Å². The number of imide groups is 1. The van der Waals surface area contributed by atoms with Gasteiger partial charge in [-0.05, 0) is 38.5 Å². The van der Waals surface area contributed by atoms with Gasteiger partial charge in [0.1, 0.15) is 0 Å². The maximum atomic E-state index is 11.6. The Bertz CT molecular complexity index is 667. The zero-order valence-electron chi connectivity index (χ0n) is 13.5. The molecule has 0 bridgehead atoms. The Morgan fingerprint density at radius 1 is 1.21 bits per heavy atom. The van der Waals surface area contributed by atoms with Gasteiger partial charge in [-0.3, -0.25) is 10.1 Å². The van der Waals surface area contributed by atoms with E-state index < -0.39 is 30.1 Å². The van der Waals surface area contributed by atoms with Crippen LogP contribution in [0.3, 0.4) is 0 Å². The van der Waals surface area contributed by atoms with Gasteiger partial charge in [0.05, 0.1) is 10.0 Å². The van der Waals surface area contributed by atoms with Gasteiger partial charge in [-0.15, -0.1) is 0 Å². The fraction of sp³-hybridized carbons (Fsp3) is 0.312. The zero-order chi connectivity index (χ0) is 18.3. The number of ether oxygens (including phenoxy) is 1. The number of rotatable bonds is 4. The first kappa shape index (κ1) is 20.0. The van der Waals surface area contributed by atoms with Crippen LogP contribution < -0.4 is 10.6 Å². The quantitative estimate of drug-likeness (QED) is 0.627. The largest absolute Gasteiger partial charge is 0.452 e. The highest BCUT2D eigenvalue weighted by Gasteiger charge is 2.16. The number of amides is 3. The third-order valence-electron chi connectivity index (χ3n) is 2.47. The standard InChI is InChI=1S/C16H18Cl2N2O4/c1-16(2,3)20-15(23)19-12(21)9-24-13(22)8-7-10-5-4-6-11(17)14(10)18/h4-8H,9H2,1-3H3,(H2,19,20,21,23)/b8-7+. The third kappa shape index (κ3) is 7.48. The van der Waals surface area contributed by atoms with Crippen LogP contribution in [0.25, 0.3) is 6.08 Å². The van der Waals surface area contributed by atoms with Gasteiger partial charge in [-0.2, -0.15) is 0 Å². The molecule has 6 nitrogen and oxygen atoms in total. The first-order valence-corrected chi connectivity index (χ1v) is 7.75. The normalized spacial score (nSPS) is 11.2. The second-order valence-electron chi connectivity index (χ2n) is 5.84. The molecule has 0 fully saturated rings. The van der Waals surface area contributed by atoms with E-state index in [4.69, 9.17) is 27.9 Å². The molecule has 0 saturated carbocycles. The molecule has 2 N–H and O–H groups in total. The van der Waals surface area contributed by atoms with E-state index in [2.05, 4.69) is 10.6 Å². The summed E-state index contributed by atoms with van der Waals surface area (Å²) in [5.41, 5.74) is 0.0510. The van der Waals surface area contributed by atoms with Gasteiger partial charge in [0, 0.05) is 11.6 Å². The fourth-order valence-electron chi connectivity index (χ4n) is 1.53. The summed E-state index contributed by atoms with van der Waals surface area (Å²) in [5, 5.41) is 5.26. The van der Waals surface area contributed by atoms with Crippen LogP contribution in [0.5, 0.6) is 0 Å². The second kappa shape index (κ2) is 8.70. The molecule has 0 aliphatic carbocycles. The summed E-state index contributed by atoms with van der Waals surface area (Å²) < 4.78 is 4.73. The highest BCUT2D eigenvalue weighted by atomic mass is 35.5. The number of urea groups is 1. The van der Waals surface area contributed by atoms with Crippen LogP contribution in [-0.2, 0) is 14.3 Å². The van der Waals surface area contributed by atoms with Crippen LogP contribution in [0.15, 0.2) is 24.3 Å². The smallest absolute Gasteiger partial charge is 0.331 e. The SMILES string of the molecule is CC(C)(C)NC(=O)NC(=O)COC(=O)/C=C/c1cccc(Cl)c1Cl. The minimum absolute atomic E-state index is 0.305. The minimum Gasteiger partial charge on any atom is -0.452 e. The lowest BCUT2D eigenvalue weighted by Crippen LogP contribution is -2.49. The molecule has 3 amide bonds. The summed E-state index contributed by atoms with van der Waals surface area (Å²) in [6.07, 6.45) is 2.53. The Morgan fingerprint density at radius 2 is 1.88 bits per heavy atom. The summed E-state index contributed by atoms with van der Waals surface area (Å²) in [5.74, 6) is -1.49. The molecule has 0 heterocycles. The van der Waals surface area contributed by atoms with Gasteiger partial charge < -0.3 is 10.1 Å². The van der Waals surface area contributed by atoms with E-state index in [9.17, 15) is 14.4 Å². The van der Waals surface area contributed by atoms with Crippen LogP contribution in [0.1, 0.15) is 26.3 Å². The Hall–Kier alpha value is -2.05. The summed E-state index contributed by atoms with van der Waals surface area (Å²) in [4.78, 5) is 34.5. The van der Waals surface area contributed by atoms with Crippen molar-refractivity contribution in [1.29, 1.82) is 0 Å². The molecular formula is C16H18Cl2N2O4. The number of nitrogens with one attached hydrogen (secondary N) is 2. The topological polar surface area (TPSA) is 84.5 Å². The van der Waals surface area contributed by atoms with Crippen LogP contribution in [0.4, 0.5) is 4.79 Å². The van der Waals surface area contributed by atoms with Crippen molar-refractivity contribution in [3.8, 4) is 0 Å². The van der Waals surface area contributed by atoms with E-state index in [1.54, 1.807) is 39.0 Å². The number of halogens is 2. The van der Waals surface area contributed by atoms with Gasteiger partial charge in [0.15, 0.2) is 6.61 Å². The summed E-state index contributed by atoms with van der Waals surface area (Å²) in [6, 6.07) is 4.30. The molecule has 1 aromatic rings. The Labute approximate surface area is 150 Å². The van der Waals surface area contributed by atoms with E-state index >= 15 is 0 Å². The van der Waals surface area contributed by atoms with Crippen molar-refractivity contribution in [1.82, 2.24) is 10.6 Å². The molecule has 1 rings (SSSR count). The molecule has 0 aliphatic rings. The van der Waals surface area contributed by atoms with Crippen LogP contribution in [-0.4, -0.2) is 30.1 Å². The predicted molar refractivity (Wildman–Crippen MR) is 92.9 cm³/mol. The number of carbonyl (C=O) groups excluding carboxylic acids is 3. The van der Waals surface area contributed by atoms with Crippen LogP contribution in [0, 0.1) is 0 Å². The molecule has 0 radical (unpaired) electrons. The van der Waals surface area contributed by atoms with Gasteiger partial charge in [0.2, 0.25) is 0 Å². The lowest BCUT2D eigenvalue weighted by atomic mass is 10.1. The fourth-order valence-corrected chi connectivity index (χ4v) is 1.90. The maximum Gasteiger partial charge on any atom is 0.331 e. The first-order chi connectivity index (χ1) is 11.1. The first-order valence-electron chi connectivity index (χ1n) is 6.99. The van der Waals surface area contributed by atoms with Crippen molar-refractivity contribution in [3.05, 3.63) is 39.9 Å². The molecule has 0 aliphatic heterocycles. The molecule has 0 aromatic heterocycles. The lowest BCUT2D eigenvalue weighted by molar-refractivity contribution is -0.143. The Morgan fingerprint density at radius 3 is 2.50 bits per heavy atom.